The highest BCUT2D eigenvalue weighted by Crippen LogP contribution is 2.30. The van der Waals surface area contributed by atoms with Crippen molar-refractivity contribution in [3.8, 4) is 5.75 Å². The van der Waals surface area contributed by atoms with E-state index in [4.69, 9.17) is 21.1 Å². The van der Waals surface area contributed by atoms with Crippen molar-refractivity contribution in [3.63, 3.8) is 0 Å². The second-order valence-corrected chi connectivity index (χ2v) is 7.39. The summed E-state index contributed by atoms with van der Waals surface area (Å²) in [7, 11) is 0. The first-order valence-electron chi connectivity index (χ1n) is 10.3. The Morgan fingerprint density at radius 2 is 2.00 bits per heavy atom. The number of carbonyl (C=O) groups excluding carboxylic acids is 1. The van der Waals surface area contributed by atoms with Gasteiger partial charge in [0.15, 0.2) is 0 Å². The summed E-state index contributed by atoms with van der Waals surface area (Å²) in [4.78, 5) is 32.7. The summed E-state index contributed by atoms with van der Waals surface area (Å²) < 4.78 is 10.6. The molecule has 172 valence electrons. The second-order valence-electron chi connectivity index (χ2n) is 6.99. The SMILES string of the molecule is CCOC(=O)N1CCC(Nc2ncnc(NCCOc3ccccc3Cl)c2[N+](=O)[O-])CC1. The fourth-order valence-corrected chi connectivity index (χ4v) is 3.48. The zero-order chi connectivity index (χ0) is 22.9. The normalized spacial score (nSPS) is 14.0. The van der Waals surface area contributed by atoms with Crippen LogP contribution in [0.15, 0.2) is 30.6 Å². The van der Waals surface area contributed by atoms with Crippen molar-refractivity contribution < 1.29 is 19.2 Å². The molecule has 11 nitrogen and oxygen atoms in total. The third-order valence-corrected chi connectivity index (χ3v) is 5.17. The van der Waals surface area contributed by atoms with E-state index >= 15 is 0 Å². The first kappa shape index (κ1) is 23.3. The molecule has 0 radical (unpaired) electrons. The number of hydrogen-bond acceptors (Lipinski definition) is 9. The van der Waals surface area contributed by atoms with Gasteiger partial charge in [-0.1, -0.05) is 23.7 Å². The number of anilines is 2. The summed E-state index contributed by atoms with van der Waals surface area (Å²) in [6.45, 7) is 3.60. The number of carbonyl (C=O) groups is 1. The van der Waals surface area contributed by atoms with Gasteiger partial charge in [0.25, 0.3) is 0 Å². The minimum absolute atomic E-state index is 0.0642. The predicted molar refractivity (Wildman–Crippen MR) is 119 cm³/mol. The first-order valence-corrected chi connectivity index (χ1v) is 10.7. The van der Waals surface area contributed by atoms with E-state index in [-0.39, 0.29) is 42.6 Å². The van der Waals surface area contributed by atoms with Crippen LogP contribution in [0.25, 0.3) is 0 Å². The number of nitro groups is 1. The standard InChI is InChI=1S/C20H25ClN6O5/c1-2-31-20(28)26-10-7-14(8-11-26)25-19-17(27(29)30)18(23-13-24-19)22-9-12-32-16-6-4-3-5-15(16)21/h3-6,13-14H,2,7-12H2,1H3,(H2,22,23,24,25). The van der Waals surface area contributed by atoms with Crippen LogP contribution in [0.1, 0.15) is 19.8 Å². The third-order valence-electron chi connectivity index (χ3n) is 4.86. The fraction of sp³-hybridized carbons (Fsp3) is 0.450. The van der Waals surface area contributed by atoms with Crippen molar-refractivity contribution in [2.45, 2.75) is 25.8 Å². The Bertz CT molecular complexity index is 938. The molecule has 1 aliphatic rings. The topological polar surface area (TPSA) is 132 Å². The van der Waals surface area contributed by atoms with E-state index in [2.05, 4.69) is 20.6 Å². The van der Waals surface area contributed by atoms with Crippen molar-refractivity contribution in [3.05, 3.63) is 45.7 Å². The molecule has 2 aromatic rings. The minimum Gasteiger partial charge on any atom is -0.490 e. The van der Waals surface area contributed by atoms with Gasteiger partial charge >= 0.3 is 11.8 Å². The van der Waals surface area contributed by atoms with E-state index in [9.17, 15) is 14.9 Å². The molecule has 1 fully saturated rings. The van der Waals surface area contributed by atoms with Gasteiger partial charge in [-0.25, -0.2) is 14.8 Å². The number of nitrogens with zero attached hydrogens (tertiary/aromatic N) is 4. The molecule has 0 spiro atoms. The summed E-state index contributed by atoms with van der Waals surface area (Å²) in [5, 5.41) is 18.3. The van der Waals surface area contributed by atoms with E-state index in [0.29, 0.717) is 43.3 Å². The smallest absolute Gasteiger partial charge is 0.409 e. The molecule has 0 bridgehead atoms. The van der Waals surface area contributed by atoms with Crippen LogP contribution >= 0.6 is 11.6 Å². The minimum atomic E-state index is -0.521. The Morgan fingerprint density at radius 3 is 2.69 bits per heavy atom. The lowest BCUT2D eigenvalue weighted by Gasteiger charge is -2.31. The number of amides is 1. The molecular weight excluding hydrogens is 440 g/mol. The lowest BCUT2D eigenvalue weighted by molar-refractivity contribution is -0.383. The highest BCUT2D eigenvalue weighted by Gasteiger charge is 2.28. The summed E-state index contributed by atoms with van der Waals surface area (Å²) in [6, 6.07) is 7.00. The summed E-state index contributed by atoms with van der Waals surface area (Å²) in [6.07, 6.45) is 2.16. The van der Waals surface area contributed by atoms with Crippen LogP contribution in [0.2, 0.25) is 5.02 Å². The molecule has 0 atom stereocenters. The molecule has 0 aliphatic carbocycles. The molecule has 2 heterocycles. The maximum absolute atomic E-state index is 11.8. The zero-order valence-corrected chi connectivity index (χ0v) is 18.4. The Morgan fingerprint density at radius 1 is 1.28 bits per heavy atom. The van der Waals surface area contributed by atoms with Crippen LogP contribution in [0.4, 0.5) is 22.1 Å². The average Bonchev–Trinajstić information content (AvgIpc) is 2.78. The number of halogens is 1. The summed E-state index contributed by atoms with van der Waals surface area (Å²) >= 11 is 6.05. The van der Waals surface area contributed by atoms with E-state index in [1.54, 1.807) is 36.1 Å². The molecule has 3 rings (SSSR count). The average molecular weight is 465 g/mol. The van der Waals surface area contributed by atoms with Crippen LogP contribution < -0.4 is 15.4 Å². The van der Waals surface area contributed by atoms with Gasteiger partial charge in [-0.15, -0.1) is 0 Å². The molecule has 1 amide bonds. The maximum atomic E-state index is 11.8. The lowest BCUT2D eigenvalue weighted by Crippen LogP contribution is -2.42. The molecule has 1 saturated heterocycles. The van der Waals surface area contributed by atoms with E-state index in [1.807, 2.05) is 0 Å². The van der Waals surface area contributed by atoms with Crippen molar-refractivity contribution in [2.24, 2.45) is 0 Å². The van der Waals surface area contributed by atoms with Gasteiger partial charge in [0.05, 0.1) is 23.1 Å². The summed E-state index contributed by atoms with van der Waals surface area (Å²) in [5.74, 6) is 0.762. The van der Waals surface area contributed by atoms with Crippen LogP contribution in [-0.2, 0) is 4.74 Å². The van der Waals surface area contributed by atoms with Gasteiger partial charge < -0.3 is 25.0 Å². The molecule has 12 heteroatoms. The number of rotatable bonds is 9. The van der Waals surface area contributed by atoms with Gasteiger partial charge in [0, 0.05) is 19.1 Å². The summed E-state index contributed by atoms with van der Waals surface area (Å²) in [5.41, 5.74) is -0.238. The molecule has 2 N–H and O–H groups in total. The number of hydrogen-bond donors (Lipinski definition) is 2. The number of ether oxygens (including phenoxy) is 2. The third kappa shape index (κ3) is 6.10. The molecule has 1 aromatic heterocycles. The van der Waals surface area contributed by atoms with Crippen molar-refractivity contribution >= 4 is 35.0 Å². The largest absolute Gasteiger partial charge is 0.490 e. The van der Waals surface area contributed by atoms with E-state index < -0.39 is 4.92 Å². The number of likely N-dealkylation sites (tertiary alicyclic amines) is 1. The number of nitrogens with one attached hydrogen (secondary N) is 2. The zero-order valence-electron chi connectivity index (χ0n) is 17.6. The highest BCUT2D eigenvalue weighted by molar-refractivity contribution is 6.32. The van der Waals surface area contributed by atoms with Crippen LogP contribution in [-0.4, -0.2) is 64.8 Å². The number of benzene rings is 1. The van der Waals surface area contributed by atoms with Gasteiger partial charge in [-0.3, -0.25) is 10.1 Å². The van der Waals surface area contributed by atoms with Crippen molar-refractivity contribution in [2.75, 3.05) is 43.5 Å². The lowest BCUT2D eigenvalue weighted by atomic mass is 10.1. The number of piperidine rings is 1. The quantitative estimate of drug-likeness (QED) is 0.324. The fourth-order valence-electron chi connectivity index (χ4n) is 3.29. The first-order chi connectivity index (χ1) is 15.5. The van der Waals surface area contributed by atoms with Crippen molar-refractivity contribution in [1.29, 1.82) is 0 Å². The Labute approximate surface area is 190 Å². The molecule has 0 unspecified atom stereocenters. The maximum Gasteiger partial charge on any atom is 0.409 e. The number of aromatic nitrogens is 2. The Hall–Kier alpha value is -3.34. The Kier molecular flexibility index (Phi) is 8.26. The second kappa shape index (κ2) is 11.3. The van der Waals surface area contributed by atoms with Crippen LogP contribution in [0.5, 0.6) is 5.75 Å². The monoisotopic (exact) mass is 464 g/mol. The molecular formula is C20H25ClN6O5. The van der Waals surface area contributed by atoms with Gasteiger partial charge in [0.2, 0.25) is 11.6 Å². The highest BCUT2D eigenvalue weighted by atomic mass is 35.5. The molecule has 32 heavy (non-hydrogen) atoms. The number of para-hydroxylation sites is 1. The predicted octanol–water partition coefficient (Wildman–Crippen LogP) is 3.56. The molecule has 0 saturated carbocycles. The molecule has 1 aliphatic heterocycles. The van der Waals surface area contributed by atoms with E-state index in [0.717, 1.165) is 0 Å². The van der Waals surface area contributed by atoms with Gasteiger partial charge in [0.1, 0.15) is 18.7 Å². The Balaban J connectivity index is 1.58. The van der Waals surface area contributed by atoms with Crippen LogP contribution in [0, 0.1) is 10.1 Å². The van der Waals surface area contributed by atoms with Crippen molar-refractivity contribution in [1.82, 2.24) is 14.9 Å². The van der Waals surface area contributed by atoms with Gasteiger partial charge in [-0.05, 0) is 31.9 Å². The van der Waals surface area contributed by atoms with E-state index in [1.165, 1.54) is 6.33 Å². The van der Waals surface area contributed by atoms with Gasteiger partial charge in [-0.2, -0.15) is 0 Å². The molecule has 1 aromatic carbocycles. The van der Waals surface area contributed by atoms with Crippen LogP contribution in [0.3, 0.4) is 0 Å².